The summed E-state index contributed by atoms with van der Waals surface area (Å²) in [6, 6.07) is 3.29. The fourth-order valence-electron chi connectivity index (χ4n) is 6.08. The number of methoxy groups -OCH3 is 3. The number of rotatable bonds is 6. The lowest BCUT2D eigenvalue weighted by Crippen LogP contribution is -2.49. The minimum absolute atomic E-state index is 0.192. The first-order valence-electron chi connectivity index (χ1n) is 10.1. The predicted molar refractivity (Wildman–Crippen MR) is 107 cm³/mol. The van der Waals surface area contributed by atoms with E-state index in [0.29, 0.717) is 22.8 Å². The first-order valence-corrected chi connectivity index (χ1v) is 10.1. The van der Waals surface area contributed by atoms with Gasteiger partial charge in [0, 0.05) is 16.7 Å². The molecular weight excluding hydrogens is 356 g/mol. The maximum Gasteiger partial charge on any atom is 0.271 e. The molecule has 28 heavy (non-hydrogen) atoms. The highest BCUT2D eigenvalue weighted by Gasteiger charge is 2.52. The van der Waals surface area contributed by atoms with E-state index in [-0.39, 0.29) is 11.3 Å². The van der Waals surface area contributed by atoms with Crippen molar-refractivity contribution in [3.05, 3.63) is 17.7 Å². The molecule has 0 aromatic heterocycles. The van der Waals surface area contributed by atoms with Gasteiger partial charge in [-0.1, -0.05) is 0 Å². The number of benzene rings is 1. The predicted octanol–water partition coefficient (Wildman–Crippen LogP) is 4.03. The Morgan fingerprint density at radius 2 is 1.46 bits per heavy atom. The second kappa shape index (κ2) is 7.30. The molecule has 0 atom stereocenters. The molecule has 4 bridgehead atoms. The zero-order valence-corrected chi connectivity index (χ0v) is 17.2. The minimum Gasteiger partial charge on any atom is -0.493 e. The molecule has 0 unspecified atom stereocenters. The average molecular weight is 386 g/mol. The molecule has 6 heteroatoms. The summed E-state index contributed by atoms with van der Waals surface area (Å²) >= 11 is 0. The molecule has 1 amide bonds. The van der Waals surface area contributed by atoms with E-state index in [9.17, 15) is 4.79 Å². The maximum atomic E-state index is 12.7. The molecule has 0 spiro atoms. The fourth-order valence-corrected chi connectivity index (χ4v) is 6.08. The van der Waals surface area contributed by atoms with Crippen molar-refractivity contribution < 1.29 is 19.0 Å². The van der Waals surface area contributed by atoms with Gasteiger partial charge in [-0.3, -0.25) is 4.79 Å². The summed E-state index contributed by atoms with van der Waals surface area (Å²) in [6.07, 6.45) is 7.87. The molecule has 1 aromatic rings. The van der Waals surface area contributed by atoms with Gasteiger partial charge < -0.3 is 14.2 Å². The molecule has 4 aliphatic rings. The fraction of sp³-hybridized carbons (Fsp3) is 0.636. The van der Waals surface area contributed by atoms with E-state index < -0.39 is 0 Å². The Hall–Kier alpha value is -2.24. The number of hydrogen-bond acceptors (Lipinski definition) is 5. The summed E-state index contributed by atoms with van der Waals surface area (Å²) < 4.78 is 16.0. The number of ether oxygens (including phenoxy) is 3. The molecule has 0 heterocycles. The topological polar surface area (TPSA) is 69.2 Å². The summed E-state index contributed by atoms with van der Waals surface area (Å²) in [5, 5.41) is 4.55. The van der Waals surface area contributed by atoms with Gasteiger partial charge in [-0.2, -0.15) is 5.10 Å². The Bertz CT molecular complexity index is 741. The van der Waals surface area contributed by atoms with E-state index in [1.54, 1.807) is 19.2 Å². The van der Waals surface area contributed by atoms with Gasteiger partial charge in [-0.25, -0.2) is 5.43 Å². The SMILES string of the molecule is COc1cc(C(=O)NN=C(C)C23CC4CC(CC(C4)C2)C3)cc(OC)c1OC. The van der Waals surface area contributed by atoms with Crippen molar-refractivity contribution in [2.45, 2.75) is 45.4 Å². The zero-order chi connectivity index (χ0) is 19.9. The maximum absolute atomic E-state index is 12.7. The summed E-state index contributed by atoms with van der Waals surface area (Å²) in [6.45, 7) is 2.09. The molecule has 152 valence electrons. The number of amides is 1. The van der Waals surface area contributed by atoms with E-state index in [0.717, 1.165) is 23.5 Å². The van der Waals surface area contributed by atoms with Crippen LogP contribution in [0.25, 0.3) is 0 Å². The van der Waals surface area contributed by atoms with Crippen LogP contribution in [0, 0.1) is 23.2 Å². The summed E-state index contributed by atoms with van der Waals surface area (Å²) in [4.78, 5) is 12.7. The van der Waals surface area contributed by atoms with E-state index in [2.05, 4.69) is 17.5 Å². The highest BCUT2D eigenvalue weighted by Crippen LogP contribution is 2.60. The van der Waals surface area contributed by atoms with Gasteiger partial charge in [-0.05, 0) is 75.3 Å². The highest BCUT2D eigenvalue weighted by atomic mass is 16.5. The van der Waals surface area contributed by atoms with Crippen molar-refractivity contribution >= 4 is 11.6 Å². The number of nitrogens with zero attached hydrogens (tertiary/aromatic N) is 1. The van der Waals surface area contributed by atoms with E-state index in [1.165, 1.54) is 52.7 Å². The van der Waals surface area contributed by atoms with Gasteiger partial charge in [0.15, 0.2) is 11.5 Å². The largest absolute Gasteiger partial charge is 0.493 e. The summed E-state index contributed by atoms with van der Waals surface area (Å²) in [5.74, 6) is 3.65. The Kier molecular flexibility index (Phi) is 4.98. The highest BCUT2D eigenvalue weighted by molar-refractivity contribution is 5.97. The van der Waals surface area contributed by atoms with E-state index >= 15 is 0 Å². The Labute approximate surface area is 166 Å². The molecule has 4 aliphatic carbocycles. The Balaban J connectivity index is 1.52. The number of nitrogens with one attached hydrogen (secondary N) is 1. The van der Waals surface area contributed by atoms with Crippen LogP contribution in [0.15, 0.2) is 17.2 Å². The normalized spacial score (nSPS) is 30.9. The lowest BCUT2D eigenvalue weighted by Gasteiger charge is -2.56. The Morgan fingerprint density at radius 1 is 0.964 bits per heavy atom. The molecule has 1 aromatic carbocycles. The van der Waals surface area contributed by atoms with Gasteiger partial charge >= 0.3 is 0 Å². The smallest absolute Gasteiger partial charge is 0.271 e. The lowest BCUT2D eigenvalue weighted by atomic mass is 9.48. The van der Waals surface area contributed by atoms with Crippen LogP contribution in [-0.2, 0) is 0 Å². The second-order valence-electron chi connectivity index (χ2n) is 8.75. The first-order chi connectivity index (χ1) is 13.5. The molecule has 5 rings (SSSR count). The Morgan fingerprint density at radius 3 is 1.89 bits per heavy atom. The standard InChI is InChI=1S/C22H30N2O4/c1-13(22-10-14-5-15(11-22)7-16(6-14)12-22)23-24-21(25)17-8-18(26-2)20(28-4)19(9-17)27-3/h8-9,14-16H,5-7,10-12H2,1-4H3,(H,24,25). The second-order valence-corrected chi connectivity index (χ2v) is 8.75. The van der Waals surface area contributed by atoms with Crippen LogP contribution in [-0.4, -0.2) is 32.9 Å². The lowest BCUT2D eigenvalue weighted by molar-refractivity contribution is -0.0128. The van der Waals surface area contributed by atoms with Gasteiger partial charge in [0.05, 0.1) is 21.3 Å². The van der Waals surface area contributed by atoms with Crippen molar-refractivity contribution in [3.8, 4) is 17.2 Å². The van der Waals surface area contributed by atoms with Crippen LogP contribution >= 0.6 is 0 Å². The number of carbonyl (C=O) groups excluding carboxylic acids is 1. The van der Waals surface area contributed by atoms with Crippen LogP contribution in [0.4, 0.5) is 0 Å². The molecule has 4 saturated carbocycles. The van der Waals surface area contributed by atoms with Gasteiger partial charge in [0.1, 0.15) is 0 Å². The number of hydrogen-bond donors (Lipinski definition) is 1. The van der Waals surface area contributed by atoms with Crippen LogP contribution in [0.1, 0.15) is 55.8 Å². The van der Waals surface area contributed by atoms with Gasteiger partial charge in [-0.15, -0.1) is 0 Å². The first kappa shape index (κ1) is 19.1. The van der Waals surface area contributed by atoms with E-state index in [4.69, 9.17) is 14.2 Å². The monoisotopic (exact) mass is 386 g/mol. The molecule has 6 nitrogen and oxygen atoms in total. The number of carbonyl (C=O) groups is 1. The molecular formula is C22H30N2O4. The molecule has 0 saturated heterocycles. The molecule has 0 radical (unpaired) electrons. The third-order valence-corrected chi connectivity index (χ3v) is 7.06. The quantitative estimate of drug-likeness (QED) is 0.592. The molecule has 1 N–H and O–H groups in total. The van der Waals surface area contributed by atoms with Crippen LogP contribution in [0.5, 0.6) is 17.2 Å². The third-order valence-electron chi connectivity index (χ3n) is 7.06. The number of hydrazone groups is 1. The van der Waals surface area contributed by atoms with Crippen LogP contribution in [0.2, 0.25) is 0 Å². The van der Waals surface area contributed by atoms with Crippen molar-refractivity contribution in [3.63, 3.8) is 0 Å². The minimum atomic E-state index is -0.275. The van der Waals surface area contributed by atoms with Crippen molar-refractivity contribution in [2.75, 3.05) is 21.3 Å². The molecule has 4 fully saturated rings. The van der Waals surface area contributed by atoms with Crippen molar-refractivity contribution in [1.29, 1.82) is 0 Å². The third kappa shape index (κ3) is 3.23. The zero-order valence-electron chi connectivity index (χ0n) is 17.2. The van der Waals surface area contributed by atoms with Crippen molar-refractivity contribution in [1.82, 2.24) is 5.43 Å². The van der Waals surface area contributed by atoms with Crippen molar-refractivity contribution in [2.24, 2.45) is 28.3 Å². The van der Waals surface area contributed by atoms with Gasteiger partial charge in [0.25, 0.3) is 5.91 Å². The van der Waals surface area contributed by atoms with Crippen LogP contribution in [0.3, 0.4) is 0 Å². The molecule has 0 aliphatic heterocycles. The summed E-state index contributed by atoms with van der Waals surface area (Å²) in [5.41, 5.74) is 4.46. The summed E-state index contributed by atoms with van der Waals surface area (Å²) in [7, 11) is 4.61. The average Bonchev–Trinajstić information content (AvgIpc) is 2.69. The van der Waals surface area contributed by atoms with Gasteiger partial charge in [0.2, 0.25) is 5.75 Å². The van der Waals surface area contributed by atoms with E-state index in [1.807, 2.05) is 0 Å². The van der Waals surface area contributed by atoms with Crippen LogP contribution < -0.4 is 19.6 Å².